The summed E-state index contributed by atoms with van der Waals surface area (Å²) in [4.78, 5) is 11.2. The summed E-state index contributed by atoms with van der Waals surface area (Å²) in [7, 11) is 0. The number of carbonyl (C=O) groups excluding carboxylic acids is 1. The van der Waals surface area contributed by atoms with E-state index in [1.165, 1.54) is 0 Å². The summed E-state index contributed by atoms with van der Waals surface area (Å²) in [5.74, 6) is -0.292. The van der Waals surface area contributed by atoms with E-state index in [2.05, 4.69) is 17.5 Å². The number of hydrogen-bond acceptors (Lipinski definition) is 2. The maximum Gasteiger partial charge on any atom is 0.239 e. The van der Waals surface area contributed by atoms with Crippen LogP contribution in [0.1, 0.15) is 18.4 Å². The molecular formula is C12H14N2O. The van der Waals surface area contributed by atoms with Gasteiger partial charge in [-0.1, -0.05) is 30.4 Å². The second kappa shape index (κ2) is 4.17. The molecule has 1 aliphatic rings. The van der Waals surface area contributed by atoms with E-state index in [-0.39, 0.29) is 11.9 Å². The number of nitrogens with one attached hydrogen (secondary N) is 1. The molecule has 2 rings (SSSR count). The average Bonchev–Trinajstić information content (AvgIpc) is 2.18. The van der Waals surface area contributed by atoms with Crippen LogP contribution < -0.4 is 11.1 Å². The van der Waals surface area contributed by atoms with Crippen LogP contribution in [-0.2, 0) is 4.79 Å². The Morgan fingerprint density at radius 3 is 3.00 bits per heavy atom. The minimum Gasteiger partial charge on any atom is -0.373 e. The number of primary amides is 1. The van der Waals surface area contributed by atoms with Crippen molar-refractivity contribution in [2.45, 2.75) is 18.9 Å². The molecule has 0 saturated carbocycles. The molecule has 15 heavy (non-hydrogen) atoms. The van der Waals surface area contributed by atoms with Crippen molar-refractivity contribution in [1.82, 2.24) is 0 Å². The van der Waals surface area contributed by atoms with E-state index >= 15 is 0 Å². The zero-order chi connectivity index (χ0) is 10.7. The van der Waals surface area contributed by atoms with Crippen molar-refractivity contribution >= 4 is 17.7 Å². The third-order valence-corrected chi connectivity index (χ3v) is 2.55. The Bertz CT molecular complexity index is 398. The molecule has 1 aromatic carbocycles. The van der Waals surface area contributed by atoms with E-state index in [0.29, 0.717) is 0 Å². The molecule has 0 radical (unpaired) electrons. The molecule has 3 heteroatoms. The minimum absolute atomic E-state index is 0.268. The van der Waals surface area contributed by atoms with Crippen molar-refractivity contribution in [3.63, 3.8) is 0 Å². The van der Waals surface area contributed by atoms with Gasteiger partial charge in [-0.05, 0) is 24.5 Å². The fourth-order valence-corrected chi connectivity index (χ4v) is 1.72. The van der Waals surface area contributed by atoms with Gasteiger partial charge in [0, 0.05) is 5.69 Å². The zero-order valence-electron chi connectivity index (χ0n) is 8.44. The normalized spacial score (nSPS) is 19.6. The topological polar surface area (TPSA) is 55.1 Å². The van der Waals surface area contributed by atoms with Crippen molar-refractivity contribution in [3.8, 4) is 0 Å². The lowest BCUT2D eigenvalue weighted by atomic mass is 10.0. The monoisotopic (exact) mass is 202 g/mol. The van der Waals surface area contributed by atoms with Gasteiger partial charge in [-0.15, -0.1) is 0 Å². The van der Waals surface area contributed by atoms with Gasteiger partial charge in [0.25, 0.3) is 0 Å². The minimum atomic E-state index is -0.292. The predicted molar refractivity (Wildman–Crippen MR) is 61.3 cm³/mol. The fourth-order valence-electron chi connectivity index (χ4n) is 1.72. The highest BCUT2D eigenvalue weighted by atomic mass is 16.1. The van der Waals surface area contributed by atoms with Crippen LogP contribution in [-0.4, -0.2) is 11.9 Å². The van der Waals surface area contributed by atoms with E-state index in [9.17, 15) is 4.79 Å². The van der Waals surface area contributed by atoms with Crippen LogP contribution in [0.2, 0.25) is 0 Å². The maximum absolute atomic E-state index is 11.2. The lowest BCUT2D eigenvalue weighted by Gasteiger charge is -2.19. The van der Waals surface area contributed by atoms with Gasteiger partial charge in [0.2, 0.25) is 5.91 Å². The molecule has 1 amide bonds. The number of carbonyl (C=O) groups is 1. The van der Waals surface area contributed by atoms with E-state index in [4.69, 9.17) is 5.73 Å². The van der Waals surface area contributed by atoms with E-state index in [1.54, 1.807) is 0 Å². The molecule has 1 heterocycles. The van der Waals surface area contributed by atoms with Gasteiger partial charge < -0.3 is 11.1 Å². The van der Waals surface area contributed by atoms with Gasteiger partial charge >= 0.3 is 0 Å². The van der Waals surface area contributed by atoms with Crippen molar-refractivity contribution in [3.05, 3.63) is 35.9 Å². The third-order valence-electron chi connectivity index (χ3n) is 2.55. The maximum atomic E-state index is 11.2. The second-order valence-corrected chi connectivity index (χ2v) is 3.67. The highest BCUT2D eigenvalue weighted by molar-refractivity contribution is 5.84. The van der Waals surface area contributed by atoms with Gasteiger partial charge in [0.05, 0.1) is 0 Å². The van der Waals surface area contributed by atoms with Crippen molar-refractivity contribution in [1.29, 1.82) is 0 Å². The number of amides is 1. The predicted octanol–water partition coefficient (Wildman–Crippen LogP) is 1.76. The fraction of sp³-hybridized carbons (Fsp3) is 0.250. The van der Waals surface area contributed by atoms with Crippen LogP contribution in [0.4, 0.5) is 5.69 Å². The Morgan fingerprint density at radius 2 is 2.20 bits per heavy atom. The second-order valence-electron chi connectivity index (χ2n) is 3.67. The van der Waals surface area contributed by atoms with Crippen molar-refractivity contribution in [2.24, 2.45) is 5.73 Å². The Morgan fingerprint density at radius 1 is 1.40 bits per heavy atom. The molecule has 0 bridgehead atoms. The first kappa shape index (κ1) is 9.77. The molecule has 3 N–H and O–H groups in total. The molecule has 0 spiro atoms. The number of hydrogen-bond donors (Lipinski definition) is 2. The van der Waals surface area contributed by atoms with Gasteiger partial charge in [0.1, 0.15) is 6.04 Å². The lowest BCUT2D eigenvalue weighted by Crippen LogP contribution is -2.35. The van der Waals surface area contributed by atoms with Gasteiger partial charge in [-0.2, -0.15) is 0 Å². The average molecular weight is 202 g/mol. The number of para-hydroxylation sites is 1. The van der Waals surface area contributed by atoms with Crippen LogP contribution in [0.15, 0.2) is 30.3 Å². The Kier molecular flexibility index (Phi) is 2.72. The summed E-state index contributed by atoms with van der Waals surface area (Å²) in [6.07, 6.45) is 5.77. The largest absolute Gasteiger partial charge is 0.373 e. The summed E-state index contributed by atoms with van der Waals surface area (Å²) in [5.41, 5.74) is 7.39. The van der Waals surface area contributed by atoms with Crippen LogP contribution in [0.5, 0.6) is 0 Å². The molecule has 3 nitrogen and oxygen atoms in total. The summed E-state index contributed by atoms with van der Waals surface area (Å²) < 4.78 is 0. The molecular weight excluding hydrogens is 188 g/mol. The summed E-state index contributed by atoms with van der Waals surface area (Å²) in [6.45, 7) is 0. The number of nitrogens with two attached hydrogens (primary N) is 1. The van der Waals surface area contributed by atoms with E-state index in [0.717, 1.165) is 24.1 Å². The molecule has 0 aliphatic carbocycles. The van der Waals surface area contributed by atoms with Crippen molar-refractivity contribution < 1.29 is 4.79 Å². The molecule has 1 unspecified atom stereocenters. The van der Waals surface area contributed by atoms with Gasteiger partial charge in [-0.25, -0.2) is 0 Å². The van der Waals surface area contributed by atoms with Crippen LogP contribution in [0, 0.1) is 0 Å². The van der Waals surface area contributed by atoms with Gasteiger partial charge in [-0.3, -0.25) is 4.79 Å². The molecule has 0 saturated heterocycles. The lowest BCUT2D eigenvalue weighted by molar-refractivity contribution is -0.118. The zero-order valence-corrected chi connectivity index (χ0v) is 8.44. The van der Waals surface area contributed by atoms with Crippen molar-refractivity contribution in [2.75, 3.05) is 5.32 Å². The van der Waals surface area contributed by atoms with Gasteiger partial charge in [0.15, 0.2) is 0 Å². The Hall–Kier alpha value is -1.77. The molecule has 1 atom stereocenters. The number of anilines is 1. The molecule has 0 aromatic heterocycles. The first-order valence-corrected chi connectivity index (χ1v) is 5.09. The Labute approximate surface area is 89.0 Å². The Balaban J connectivity index is 2.32. The quantitative estimate of drug-likeness (QED) is 0.729. The van der Waals surface area contributed by atoms with Crippen LogP contribution in [0.25, 0.3) is 6.08 Å². The van der Waals surface area contributed by atoms with E-state index in [1.807, 2.05) is 24.3 Å². The molecule has 1 aromatic rings. The van der Waals surface area contributed by atoms with E-state index < -0.39 is 0 Å². The summed E-state index contributed by atoms with van der Waals surface area (Å²) in [5, 5.41) is 3.17. The number of allylic oxidation sites excluding steroid dienone is 1. The van der Waals surface area contributed by atoms with Crippen LogP contribution >= 0.6 is 0 Å². The SMILES string of the molecule is NC(=O)C1CCC=Cc2ccccc2N1. The third kappa shape index (κ3) is 2.18. The summed E-state index contributed by atoms with van der Waals surface area (Å²) >= 11 is 0. The first-order chi connectivity index (χ1) is 7.27. The first-order valence-electron chi connectivity index (χ1n) is 5.09. The standard InChI is InChI=1S/C12H14N2O/c13-12(15)11-8-4-2-6-9-5-1-3-7-10(9)14-11/h1-3,5-7,11,14H,4,8H2,(H2,13,15). The molecule has 1 aliphatic heterocycles. The number of rotatable bonds is 1. The highest BCUT2D eigenvalue weighted by Crippen LogP contribution is 2.21. The number of fused-ring (bicyclic) bond motifs is 1. The highest BCUT2D eigenvalue weighted by Gasteiger charge is 2.16. The number of benzene rings is 1. The van der Waals surface area contributed by atoms with Crippen LogP contribution in [0.3, 0.4) is 0 Å². The summed E-state index contributed by atoms with van der Waals surface area (Å²) in [6, 6.07) is 7.63. The smallest absolute Gasteiger partial charge is 0.239 e. The molecule has 0 fully saturated rings. The molecule has 78 valence electrons.